The van der Waals surface area contributed by atoms with Crippen molar-refractivity contribution in [3.05, 3.63) is 47.7 Å². The fourth-order valence-electron chi connectivity index (χ4n) is 3.02. The van der Waals surface area contributed by atoms with Crippen LogP contribution in [0.3, 0.4) is 0 Å². The van der Waals surface area contributed by atoms with Crippen LogP contribution in [0.2, 0.25) is 0 Å². The summed E-state index contributed by atoms with van der Waals surface area (Å²) in [5.41, 5.74) is 1.91. The molecule has 2 heterocycles. The van der Waals surface area contributed by atoms with Crippen LogP contribution in [0.5, 0.6) is 5.75 Å². The van der Waals surface area contributed by atoms with Gasteiger partial charge in [0.2, 0.25) is 0 Å². The lowest BCUT2D eigenvalue weighted by molar-refractivity contribution is 0.0998. The molecule has 0 radical (unpaired) electrons. The molecule has 0 spiro atoms. The quantitative estimate of drug-likeness (QED) is 0.504. The maximum absolute atomic E-state index is 12.8. The number of rotatable bonds is 5. The third-order valence-corrected chi connectivity index (χ3v) is 6.48. The van der Waals surface area contributed by atoms with Crippen molar-refractivity contribution >= 4 is 53.4 Å². The van der Waals surface area contributed by atoms with E-state index in [1.54, 1.807) is 24.3 Å². The average Bonchev–Trinajstić information content (AvgIpc) is 3.21. The van der Waals surface area contributed by atoms with Crippen LogP contribution in [-0.4, -0.2) is 32.2 Å². The molecule has 1 N–H and O–H groups in total. The molecule has 7 nitrogen and oxygen atoms in total. The lowest BCUT2D eigenvalue weighted by Crippen LogP contribution is -2.11. The summed E-state index contributed by atoms with van der Waals surface area (Å²) in [6, 6.07) is 10.1. The third-order valence-electron chi connectivity index (χ3n) is 4.43. The highest BCUT2D eigenvalue weighted by molar-refractivity contribution is 7.90. The van der Waals surface area contributed by atoms with E-state index in [2.05, 4.69) is 10.3 Å². The Kier molecular flexibility index (Phi) is 4.79. The van der Waals surface area contributed by atoms with Crippen LogP contribution in [0.15, 0.2) is 45.7 Å². The third kappa shape index (κ3) is 3.70. The van der Waals surface area contributed by atoms with Crippen molar-refractivity contribution < 1.29 is 22.4 Å². The molecule has 0 unspecified atom stereocenters. The molecular weight excluding hydrogens is 412 g/mol. The van der Waals surface area contributed by atoms with Crippen molar-refractivity contribution in [1.82, 2.24) is 4.98 Å². The first-order valence-corrected chi connectivity index (χ1v) is 11.5. The number of furan rings is 1. The van der Waals surface area contributed by atoms with E-state index in [0.717, 1.165) is 11.6 Å². The molecule has 1 amide bonds. The Hall–Kier alpha value is -2.91. The topological polar surface area (TPSA) is 98.5 Å². The molecule has 9 heteroatoms. The van der Waals surface area contributed by atoms with Crippen molar-refractivity contribution in [3.8, 4) is 5.75 Å². The van der Waals surface area contributed by atoms with Gasteiger partial charge in [0.15, 0.2) is 20.7 Å². The highest BCUT2D eigenvalue weighted by Crippen LogP contribution is 2.31. The smallest absolute Gasteiger partial charge is 0.293 e. The van der Waals surface area contributed by atoms with Gasteiger partial charge in [0.1, 0.15) is 11.3 Å². The Balaban J connectivity index is 1.64. The van der Waals surface area contributed by atoms with Crippen molar-refractivity contribution in [2.24, 2.45) is 0 Å². The number of aryl methyl sites for hydroxylation is 1. The zero-order valence-corrected chi connectivity index (χ0v) is 17.6. The van der Waals surface area contributed by atoms with Crippen molar-refractivity contribution in [3.63, 3.8) is 0 Å². The molecule has 0 aliphatic rings. The number of sulfone groups is 1. The molecule has 0 saturated heterocycles. The van der Waals surface area contributed by atoms with Gasteiger partial charge in [0, 0.05) is 17.2 Å². The number of carbonyl (C=O) groups excluding carboxylic acids is 1. The minimum atomic E-state index is -3.31. The first-order valence-electron chi connectivity index (χ1n) is 8.84. The number of nitrogens with one attached hydrogen (secondary N) is 1. The lowest BCUT2D eigenvalue weighted by atomic mass is 10.1. The van der Waals surface area contributed by atoms with Crippen molar-refractivity contribution in [1.29, 1.82) is 0 Å². The molecule has 0 aliphatic heterocycles. The highest BCUT2D eigenvalue weighted by Gasteiger charge is 2.20. The van der Waals surface area contributed by atoms with Crippen LogP contribution < -0.4 is 10.1 Å². The van der Waals surface area contributed by atoms with Gasteiger partial charge in [0.05, 0.1) is 21.7 Å². The van der Waals surface area contributed by atoms with Gasteiger partial charge in [-0.1, -0.05) is 11.3 Å². The van der Waals surface area contributed by atoms with Crippen molar-refractivity contribution in [2.45, 2.75) is 18.7 Å². The van der Waals surface area contributed by atoms with Crippen LogP contribution in [0.25, 0.3) is 21.2 Å². The highest BCUT2D eigenvalue weighted by atomic mass is 32.2. The summed E-state index contributed by atoms with van der Waals surface area (Å²) in [6.07, 6.45) is 1.15. The molecule has 29 heavy (non-hydrogen) atoms. The van der Waals surface area contributed by atoms with E-state index in [4.69, 9.17) is 9.15 Å². The van der Waals surface area contributed by atoms with E-state index in [-0.39, 0.29) is 10.7 Å². The summed E-state index contributed by atoms with van der Waals surface area (Å²) < 4.78 is 35.4. The summed E-state index contributed by atoms with van der Waals surface area (Å²) in [5.74, 6) is 0.493. The Morgan fingerprint density at radius 2 is 2.03 bits per heavy atom. The molecule has 0 aliphatic carbocycles. The fourth-order valence-corrected chi connectivity index (χ4v) is 4.64. The summed E-state index contributed by atoms with van der Waals surface area (Å²) in [4.78, 5) is 17.3. The first-order chi connectivity index (χ1) is 13.8. The first kappa shape index (κ1) is 19.4. The van der Waals surface area contributed by atoms with E-state index < -0.39 is 15.7 Å². The van der Waals surface area contributed by atoms with Gasteiger partial charge in [-0.25, -0.2) is 13.4 Å². The minimum absolute atomic E-state index is 0.199. The number of hydrogen-bond donors (Lipinski definition) is 1. The van der Waals surface area contributed by atoms with E-state index in [1.165, 1.54) is 17.4 Å². The van der Waals surface area contributed by atoms with Gasteiger partial charge in [-0.15, -0.1) is 0 Å². The second-order valence-corrected chi connectivity index (χ2v) is 9.57. The fraction of sp³-hybridized carbons (Fsp3) is 0.200. The van der Waals surface area contributed by atoms with Gasteiger partial charge < -0.3 is 9.15 Å². The Morgan fingerprint density at radius 1 is 1.24 bits per heavy atom. The van der Waals surface area contributed by atoms with Gasteiger partial charge in [0.25, 0.3) is 5.91 Å². The minimum Gasteiger partial charge on any atom is -0.494 e. The lowest BCUT2D eigenvalue weighted by Gasteiger charge is -2.01. The maximum Gasteiger partial charge on any atom is 0.293 e. The van der Waals surface area contributed by atoms with Crippen LogP contribution >= 0.6 is 11.3 Å². The molecule has 0 saturated carbocycles. The van der Waals surface area contributed by atoms with Gasteiger partial charge in [-0.3, -0.25) is 10.1 Å². The van der Waals surface area contributed by atoms with E-state index >= 15 is 0 Å². The number of nitrogens with zero attached hydrogens (tertiary/aromatic N) is 1. The number of carbonyl (C=O) groups is 1. The summed E-state index contributed by atoms with van der Waals surface area (Å²) in [5, 5.41) is 3.92. The summed E-state index contributed by atoms with van der Waals surface area (Å²) >= 11 is 1.20. The maximum atomic E-state index is 12.8. The van der Waals surface area contributed by atoms with Crippen LogP contribution in [0.1, 0.15) is 23.0 Å². The number of hydrogen-bond acceptors (Lipinski definition) is 7. The van der Waals surface area contributed by atoms with Crippen LogP contribution in [0, 0.1) is 6.92 Å². The van der Waals surface area contributed by atoms with Gasteiger partial charge in [-0.2, -0.15) is 0 Å². The molecule has 150 valence electrons. The van der Waals surface area contributed by atoms with E-state index in [1.807, 2.05) is 19.9 Å². The zero-order valence-electron chi connectivity index (χ0n) is 16.0. The number of benzene rings is 2. The molecule has 4 rings (SSSR count). The molecule has 0 atom stereocenters. The molecule has 4 aromatic rings. The largest absolute Gasteiger partial charge is 0.494 e. The van der Waals surface area contributed by atoms with Crippen LogP contribution in [0.4, 0.5) is 5.13 Å². The second kappa shape index (κ2) is 7.16. The SMILES string of the molecule is CCOc1ccc2oc(C(=O)Nc3nc4ccc(S(C)(=O)=O)cc4s3)c(C)c2c1. The monoisotopic (exact) mass is 430 g/mol. The Morgan fingerprint density at radius 3 is 2.76 bits per heavy atom. The number of thiazole rings is 1. The number of amides is 1. The molecule has 0 fully saturated rings. The number of anilines is 1. The predicted octanol–water partition coefficient (Wildman–Crippen LogP) is 4.41. The molecule has 2 aromatic heterocycles. The van der Waals surface area contributed by atoms with E-state index in [9.17, 15) is 13.2 Å². The molecule has 0 bridgehead atoms. The van der Waals surface area contributed by atoms with Crippen LogP contribution in [-0.2, 0) is 9.84 Å². The van der Waals surface area contributed by atoms with Gasteiger partial charge >= 0.3 is 0 Å². The number of fused-ring (bicyclic) bond motifs is 2. The van der Waals surface area contributed by atoms with Crippen molar-refractivity contribution in [2.75, 3.05) is 18.2 Å². The molecule has 2 aromatic carbocycles. The summed E-state index contributed by atoms with van der Waals surface area (Å²) in [7, 11) is -3.31. The average molecular weight is 431 g/mol. The number of ether oxygens (including phenoxy) is 1. The van der Waals surface area contributed by atoms with E-state index in [0.29, 0.717) is 38.9 Å². The second-order valence-electron chi connectivity index (χ2n) is 6.52. The predicted molar refractivity (Wildman–Crippen MR) is 113 cm³/mol. The Bertz CT molecular complexity index is 1350. The molecular formula is C20H18N2O5S2. The van der Waals surface area contributed by atoms with Gasteiger partial charge in [-0.05, 0) is 50.2 Å². The zero-order chi connectivity index (χ0) is 20.8. The normalized spacial score (nSPS) is 11.8. The summed E-state index contributed by atoms with van der Waals surface area (Å²) in [6.45, 7) is 4.27. The number of aromatic nitrogens is 1. The standard InChI is InChI=1S/C20H18N2O5S2/c1-4-26-12-5-8-16-14(9-12)11(2)18(27-16)19(23)22-20-21-15-7-6-13(29(3,24)25)10-17(15)28-20/h5-10H,4H2,1-3H3,(H,21,22,23). The Labute approximate surface area is 171 Å².